The maximum atomic E-state index is 12.1. The Balaban J connectivity index is 2.05. The standard InChI is InChI=1S/C15H14Cl2N2O4S/c1-9(23-14-8-10(16)2-7-13(14)17)15(20)19-11-3-5-12(6-4-11)24(18,21)22/h2-9H,1H3,(H,19,20)(H2,18,21,22)/t9-/m0/s1. The minimum absolute atomic E-state index is 0.0458. The van der Waals surface area contributed by atoms with Crippen molar-refractivity contribution in [3.05, 3.63) is 52.5 Å². The van der Waals surface area contributed by atoms with Gasteiger partial charge in [-0.3, -0.25) is 4.79 Å². The number of carbonyl (C=O) groups excluding carboxylic acids is 1. The Morgan fingerprint density at radius 3 is 2.38 bits per heavy atom. The average Bonchev–Trinajstić information content (AvgIpc) is 2.50. The van der Waals surface area contributed by atoms with Crippen molar-refractivity contribution in [2.45, 2.75) is 17.9 Å². The largest absolute Gasteiger partial charge is 0.479 e. The normalized spacial score (nSPS) is 12.5. The number of nitrogens with two attached hydrogens (primary N) is 1. The fraction of sp³-hybridized carbons (Fsp3) is 0.133. The van der Waals surface area contributed by atoms with E-state index in [1.54, 1.807) is 19.1 Å². The van der Waals surface area contributed by atoms with Crippen LogP contribution in [0.1, 0.15) is 6.92 Å². The lowest BCUT2D eigenvalue weighted by atomic mass is 10.3. The molecule has 0 radical (unpaired) electrons. The summed E-state index contributed by atoms with van der Waals surface area (Å²) in [6.07, 6.45) is -0.848. The smallest absolute Gasteiger partial charge is 0.265 e. The molecule has 2 aromatic carbocycles. The van der Waals surface area contributed by atoms with Crippen LogP contribution in [0.2, 0.25) is 10.0 Å². The third kappa shape index (κ3) is 4.85. The van der Waals surface area contributed by atoms with E-state index in [2.05, 4.69) is 5.32 Å². The molecule has 0 aliphatic rings. The SMILES string of the molecule is C[C@H](Oc1cc(Cl)ccc1Cl)C(=O)Nc1ccc(S(N)(=O)=O)cc1. The fourth-order valence-electron chi connectivity index (χ4n) is 1.78. The summed E-state index contributed by atoms with van der Waals surface area (Å²) in [4.78, 5) is 12.1. The number of amides is 1. The summed E-state index contributed by atoms with van der Waals surface area (Å²) >= 11 is 11.8. The van der Waals surface area contributed by atoms with Crippen molar-refractivity contribution < 1.29 is 17.9 Å². The van der Waals surface area contributed by atoms with E-state index >= 15 is 0 Å². The van der Waals surface area contributed by atoms with Gasteiger partial charge >= 0.3 is 0 Å². The van der Waals surface area contributed by atoms with Crippen LogP contribution in [0, 0.1) is 0 Å². The first kappa shape index (κ1) is 18.5. The highest BCUT2D eigenvalue weighted by molar-refractivity contribution is 7.89. The van der Waals surface area contributed by atoms with Gasteiger partial charge in [-0.15, -0.1) is 0 Å². The topological polar surface area (TPSA) is 98.5 Å². The second-order valence-electron chi connectivity index (χ2n) is 4.89. The molecule has 128 valence electrons. The summed E-state index contributed by atoms with van der Waals surface area (Å²) in [6, 6.07) is 10.1. The predicted molar refractivity (Wildman–Crippen MR) is 93.0 cm³/mol. The van der Waals surface area contributed by atoms with Gasteiger partial charge in [-0.25, -0.2) is 13.6 Å². The van der Waals surface area contributed by atoms with E-state index in [4.69, 9.17) is 33.1 Å². The highest BCUT2D eigenvalue weighted by Crippen LogP contribution is 2.28. The Bertz CT molecular complexity index is 854. The minimum atomic E-state index is -3.78. The summed E-state index contributed by atoms with van der Waals surface area (Å²) in [7, 11) is -3.78. The molecule has 0 heterocycles. The van der Waals surface area contributed by atoms with E-state index in [9.17, 15) is 13.2 Å². The van der Waals surface area contributed by atoms with Crippen LogP contribution in [0.15, 0.2) is 47.4 Å². The van der Waals surface area contributed by atoms with Crippen LogP contribution in [0.3, 0.4) is 0 Å². The third-order valence-corrected chi connectivity index (χ3v) is 4.49. The predicted octanol–water partition coefficient (Wildman–Crippen LogP) is 3.05. The van der Waals surface area contributed by atoms with Gasteiger partial charge in [0.05, 0.1) is 9.92 Å². The highest BCUT2D eigenvalue weighted by Gasteiger charge is 2.17. The monoisotopic (exact) mass is 388 g/mol. The van der Waals surface area contributed by atoms with Gasteiger partial charge in [-0.1, -0.05) is 23.2 Å². The van der Waals surface area contributed by atoms with Crippen LogP contribution >= 0.6 is 23.2 Å². The Labute approximate surface area is 149 Å². The van der Waals surface area contributed by atoms with Crippen LogP contribution in [0.25, 0.3) is 0 Å². The van der Waals surface area contributed by atoms with E-state index in [-0.39, 0.29) is 10.6 Å². The van der Waals surface area contributed by atoms with Gasteiger partial charge in [0.2, 0.25) is 10.0 Å². The molecule has 3 N–H and O–H groups in total. The first-order chi connectivity index (χ1) is 11.2. The van der Waals surface area contributed by atoms with Crippen LogP contribution in [0.4, 0.5) is 5.69 Å². The molecule has 0 saturated carbocycles. The van der Waals surface area contributed by atoms with Gasteiger partial charge in [0.25, 0.3) is 5.91 Å². The van der Waals surface area contributed by atoms with Gasteiger partial charge in [0, 0.05) is 16.8 Å². The number of benzene rings is 2. The van der Waals surface area contributed by atoms with Crippen LogP contribution in [0.5, 0.6) is 5.75 Å². The number of sulfonamides is 1. The molecule has 0 unspecified atom stereocenters. The Hall–Kier alpha value is -1.80. The molecule has 6 nitrogen and oxygen atoms in total. The Kier molecular flexibility index (Phi) is 5.71. The van der Waals surface area contributed by atoms with Gasteiger partial charge in [0.1, 0.15) is 5.75 Å². The number of halogens is 2. The molecule has 0 spiro atoms. The van der Waals surface area contributed by atoms with Crippen molar-refractivity contribution in [2.75, 3.05) is 5.32 Å². The summed E-state index contributed by atoms with van der Waals surface area (Å²) in [5.74, 6) is -0.147. The zero-order chi connectivity index (χ0) is 17.9. The maximum absolute atomic E-state index is 12.1. The van der Waals surface area contributed by atoms with Crippen molar-refractivity contribution in [2.24, 2.45) is 5.14 Å². The number of carbonyl (C=O) groups is 1. The fourth-order valence-corrected chi connectivity index (χ4v) is 2.62. The quantitative estimate of drug-likeness (QED) is 0.821. The zero-order valence-electron chi connectivity index (χ0n) is 12.5. The highest BCUT2D eigenvalue weighted by atomic mass is 35.5. The molecule has 2 aromatic rings. The number of nitrogens with one attached hydrogen (secondary N) is 1. The van der Waals surface area contributed by atoms with Gasteiger partial charge in [0.15, 0.2) is 6.10 Å². The van der Waals surface area contributed by atoms with Crippen molar-refractivity contribution in [3.8, 4) is 5.75 Å². The molecule has 0 bridgehead atoms. The number of hydrogen-bond donors (Lipinski definition) is 2. The molecule has 2 rings (SSSR count). The molecule has 0 aliphatic carbocycles. The van der Waals surface area contributed by atoms with E-state index in [1.165, 1.54) is 30.3 Å². The molecular formula is C15H14Cl2N2O4S. The molecule has 0 aromatic heterocycles. The second-order valence-corrected chi connectivity index (χ2v) is 7.30. The van der Waals surface area contributed by atoms with Gasteiger partial charge < -0.3 is 10.1 Å². The summed E-state index contributed by atoms with van der Waals surface area (Å²) < 4.78 is 27.9. The number of rotatable bonds is 5. The molecular weight excluding hydrogens is 375 g/mol. The molecule has 1 atom stereocenters. The van der Waals surface area contributed by atoms with E-state index in [0.717, 1.165) is 0 Å². The average molecular weight is 389 g/mol. The first-order valence-electron chi connectivity index (χ1n) is 6.72. The van der Waals surface area contributed by atoms with Crippen LogP contribution < -0.4 is 15.2 Å². The summed E-state index contributed by atoms with van der Waals surface area (Å²) in [5.41, 5.74) is 0.403. The third-order valence-electron chi connectivity index (χ3n) is 3.02. The Morgan fingerprint density at radius 1 is 1.17 bits per heavy atom. The molecule has 24 heavy (non-hydrogen) atoms. The van der Waals surface area contributed by atoms with Crippen molar-refractivity contribution in [3.63, 3.8) is 0 Å². The molecule has 9 heteroatoms. The summed E-state index contributed by atoms with van der Waals surface area (Å²) in [6.45, 7) is 1.55. The van der Waals surface area contributed by atoms with Crippen LogP contribution in [-0.4, -0.2) is 20.4 Å². The minimum Gasteiger partial charge on any atom is -0.479 e. The molecule has 0 saturated heterocycles. The zero-order valence-corrected chi connectivity index (χ0v) is 14.8. The second kappa shape index (κ2) is 7.40. The molecule has 0 fully saturated rings. The number of primary sulfonamides is 1. The van der Waals surface area contributed by atoms with Gasteiger partial charge in [-0.2, -0.15) is 0 Å². The Morgan fingerprint density at radius 2 is 1.79 bits per heavy atom. The molecule has 0 aliphatic heterocycles. The summed E-state index contributed by atoms with van der Waals surface area (Å²) in [5, 5.41) is 8.37. The van der Waals surface area contributed by atoms with Crippen LogP contribution in [-0.2, 0) is 14.8 Å². The maximum Gasteiger partial charge on any atom is 0.265 e. The van der Waals surface area contributed by atoms with Gasteiger partial charge in [-0.05, 0) is 43.3 Å². The lowest BCUT2D eigenvalue weighted by molar-refractivity contribution is -0.122. The number of hydrogen-bond acceptors (Lipinski definition) is 4. The lowest BCUT2D eigenvalue weighted by Gasteiger charge is -2.16. The lowest BCUT2D eigenvalue weighted by Crippen LogP contribution is -2.30. The molecule has 1 amide bonds. The van der Waals surface area contributed by atoms with Crippen molar-refractivity contribution >= 4 is 44.8 Å². The van der Waals surface area contributed by atoms with Crippen molar-refractivity contribution in [1.29, 1.82) is 0 Å². The van der Waals surface area contributed by atoms with E-state index < -0.39 is 22.0 Å². The number of ether oxygens (including phenoxy) is 1. The van der Waals surface area contributed by atoms with Crippen molar-refractivity contribution in [1.82, 2.24) is 0 Å². The van der Waals surface area contributed by atoms with E-state index in [1.807, 2.05) is 0 Å². The number of anilines is 1. The van der Waals surface area contributed by atoms with E-state index in [0.29, 0.717) is 15.7 Å². The first-order valence-corrected chi connectivity index (χ1v) is 9.02.